The molecule has 2 heterocycles. The van der Waals surface area contributed by atoms with Crippen molar-refractivity contribution in [2.24, 2.45) is 7.05 Å². The zero-order chi connectivity index (χ0) is 15.1. The lowest BCUT2D eigenvalue weighted by molar-refractivity contribution is 0.102. The fourth-order valence-corrected chi connectivity index (χ4v) is 3.78. The van der Waals surface area contributed by atoms with Crippen LogP contribution in [0, 0.1) is 0 Å². The van der Waals surface area contributed by atoms with Crippen molar-refractivity contribution in [3.8, 4) is 0 Å². The van der Waals surface area contributed by atoms with Crippen LogP contribution in [0.2, 0.25) is 0 Å². The monoisotopic (exact) mass is 307 g/mol. The van der Waals surface area contributed by atoms with E-state index in [9.17, 15) is 4.79 Å². The molecule has 0 bridgehead atoms. The molecule has 0 spiro atoms. The van der Waals surface area contributed by atoms with E-state index < -0.39 is 0 Å². The summed E-state index contributed by atoms with van der Waals surface area (Å²) in [6, 6.07) is 17.4. The van der Waals surface area contributed by atoms with E-state index in [2.05, 4.69) is 22.5 Å². The molecule has 4 nitrogen and oxygen atoms in total. The van der Waals surface area contributed by atoms with E-state index in [1.165, 1.54) is 4.70 Å². The maximum Gasteiger partial charge on any atom is 0.256 e. The van der Waals surface area contributed by atoms with Gasteiger partial charge in [0.05, 0.1) is 10.2 Å². The van der Waals surface area contributed by atoms with E-state index >= 15 is 0 Å². The van der Waals surface area contributed by atoms with Crippen LogP contribution in [-0.2, 0) is 7.05 Å². The van der Waals surface area contributed by atoms with Crippen molar-refractivity contribution in [3.05, 3.63) is 60.2 Å². The minimum absolute atomic E-state index is 0.141. The van der Waals surface area contributed by atoms with Crippen LogP contribution in [0.1, 0.15) is 10.4 Å². The van der Waals surface area contributed by atoms with Gasteiger partial charge in [-0.05, 0) is 18.2 Å². The summed E-state index contributed by atoms with van der Waals surface area (Å²) in [5.74, 6) is 0.477. The highest BCUT2D eigenvalue weighted by Crippen LogP contribution is 2.37. The Bertz CT molecular complexity index is 985. The number of aromatic nitrogens is 2. The quantitative estimate of drug-likeness (QED) is 0.607. The van der Waals surface area contributed by atoms with Gasteiger partial charge in [-0.2, -0.15) is 5.10 Å². The molecule has 108 valence electrons. The van der Waals surface area contributed by atoms with Gasteiger partial charge in [0.15, 0.2) is 5.82 Å². The zero-order valence-corrected chi connectivity index (χ0v) is 12.7. The first-order chi connectivity index (χ1) is 10.7. The Balaban J connectivity index is 1.81. The van der Waals surface area contributed by atoms with Crippen molar-refractivity contribution in [3.63, 3.8) is 0 Å². The molecule has 0 radical (unpaired) electrons. The highest BCUT2D eigenvalue weighted by molar-refractivity contribution is 7.26. The number of amides is 1. The molecule has 0 atom stereocenters. The van der Waals surface area contributed by atoms with Gasteiger partial charge < -0.3 is 5.32 Å². The number of anilines is 1. The molecular weight excluding hydrogens is 294 g/mol. The van der Waals surface area contributed by atoms with Gasteiger partial charge in [-0.25, -0.2) is 0 Å². The lowest BCUT2D eigenvalue weighted by Gasteiger charge is -2.01. The first kappa shape index (κ1) is 13.0. The molecule has 1 N–H and O–H groups in total. The predicted octanol–water partition coefficient (Wildman–Crippen LogP) is 4.04. The summed E-state index contributed by atoms with van der Waals surface area (Å²) in [6.45, 7) is 0. The van der Waals surface area contributed by atoms with Crippen LogP contribution in [-0.4, -0.2) is 15.7 Å². The summed E-state index contributed by atoms with van der Waals surface area (Å²) in [5.41, 5.74) is 1.69. The Labute approximate surface area is 131 Å². The number of nitrogens with one attached hydrogen (secondary N) is 1. The number of aryl methyl sites for hydroxylation is 1. The molecular formula is C17H13N3OS. The average Bonchev–Trinajstić information content (AvgIpc) is 3.07. The molecule has 0 aliphatic carbocycles. The van der Waals surface area contributed by atoms with Crippen LogP contribution >= 0.6 is 11.3 Å². The highest BCUT2D eigenvalue weighted by atomic mass is 32.1. The first-order valence-electron chi connectivity index (χ1n) is 6.94. The van der Waals surface area contributed by atoms with Gasteiger partial charge in [0, 0.05) is 22.7 Å². The first-order valence-corrected chi connectivity index (χ1v) is 7.76. The Hall–Kier alpha value is -2.66. The molecule has 0 unspecified atom stereocenters. The van der Waals surface area contributed by atoms with Gasteiger partial charge in [0.2, 0.25) is 0 Å². The topological polar surface area (TPSA) is 46.9 Å². The van der Waals surface area contributed by atoms with Crippen LogP contribution in [0.3, 0.4) is 0 Å². The number of thiophene rings is 1. The molecule has 5 heteroatoms. The lowest BCUT2D eigenvalue weighted by Crippen LogP contribution is -2.12. The van der Waals surface area contributed by atoms with Crippen LogP contribution in [0.25, 0.3) is 20.3 Å². The smallest absolute Gasteiger partial charge is 0.256 e. The second-order valence-corrected chi connectivity index (χ2v) is 6.12. The van der Waals surface area contributed by atoms with Crippen molar-refractivity contribution in [2.45, 2.75) is 0 Å². The number of benzene rings is 2. The minimum Gasteiger partial charge on any atom is -0.304 e. The number of hydrogen-bond donors (Lipinski definition) is 1. The molecule has 4 rings (SSSR count). The van der Waals surface area contributed by atoms with E-state index in [1.54, 1.807) is 23.5 Å². The summed E-state index contributed by atoms with van der Waals surface area (Å²) in [4.78, 5) is 12.3. The lowest BCUT2D eigenvalue weighted by atomic mass is 10.2. The fourth-order valence-electron chi connectivity index (χ4n) is 2.61. The van der Waals surface area contributed by atoms with Crippen LogP contribution in [0.5, 0.6) is 0 Å². The number of carbonyl (C=O) groups is 1. The Morgan fingerprint density at radius 1 is 1.09 bits per heavy atom. The molecule has 0 saturated carbocycles. The molecule has 22 heavy (non-hydrogen) atoms. The Morgan fingerprint density at radius 2 is 1.82 bits per heavy atom. The van der Waals surface area contributed by atoms with Crippen LogP contribution in [0.15, 0.2) is 54.6 Å². The van der Waals surface area contributed by atoms with Gasteiger partial charge in [-0.15, -0.1) is 11.3 Å². The second-order valence-electron chi connectivity index (χ2n) is 5.07. The third kappa shape index (κ3) is 1.98. The van der Waals surface area contributed by atoms with Crippen LogP contribution < -0.4 is 5.32 Å². The highest BCUT2D eigenvalue weighted by Gasteiger charge is 2.17. The van der Waals surface area contributed by atoms with E-state index in [4.69, 9.17) is 0 Å². The molecule has 4 aromatic rings. The number of carbonyl (C=O) groups excluding carboxylic acids is 1. The van der Waals surface area contributed by atoms with Crippen molar-refractivity contribution in [1.29, 1.82) is 0 Å². The SMILES string of the molecule is Cn1nc(NC(=O)c2ccccc2)c2sc3ccccc3c21. The summed E-state index contributed by atoms with van der Waals surface area (Å²) < 4.78 is 4.03. The molecule has 0 saturated heterocycles. The second kappa shape index (κ2) is 4.96. The average molecular weight is 307 g/mol. The molecule has 0 aliphatic heterocycles. The number of nitrogens with zero attached hydrogens (tertiary/aromatic N) is 2. The molecule has 2 aromatic carbocycles. The number of hydrogen-bond acceptors (Lipinski definition) is 3. The molecule has 0 aliphatic rings. The van der Waals surface area contributed by atoms with E-state index in [0.717, 1.165) is 15.6 Å². The Morgan fingerprint density at radius 3 is 2.64 bits per heavy atom. The Kier molecular flexibility index (Phi) is 2.94. The standard InChI is InChI=1S/C17H13N3OS/c1-20-14-12-9-5-6-10-13(12)22-15(14)16(19-20)18-17(21)11-7-3-2-4-8-11/h2-10H,1H3,(H,18,19,21). The fraction of sp³-hybridized carbons (Fsp3) is 0.0588. The predicted molar refractivity (Wildman–Crippen MR) is 90.5 cm³/mol. The summed E-state index contributed by atoms with van der Waals surface area (Å²) in [6.07, 6.45) is 0. The summed E-state index contributed by atoms with van der Waals surface area (Å²) in [7, 11) is 1.90. The number of rotatable bonds is 2. The van der Waals surface area contributed by atoms with E-state index in [1.807, 2.05) is 42.1 Å². The van der Waals surface area contributed by atoms with Crippen LogP contribution in [0.4, 0.5) is 5.82 Å². The third-order valence-electron chi connectivity index (χ3n) is 3.63. The van der Waals surface area contributed by atoms with Gasteiger partial charge in [-0.1, -0.05) is 36.4 Å². The van der Waals surface area contributed by atoms with Gasteiger partial charge in [-0.3, -0.25) is 9.48 Å². The molecule has 1 amide bonds. The largest absolute Gasteiger partial charge is 0.304 e. The summed E-state index contributed by atoms with van der Waals surface area (Å²) in [5, 5.41) is 8.55. The maximum absolute atomic E-state index is 12.3. The van der Waals surface area contributed by atoms with Crippen molar-refractivity contribution in [1.82, 2.24) is 9.78 Å². The maximum atomic E-state index is 12.3. The van der Waals surface area contributed by atoms with Gasteiger partial charge in [0.25, 0.3) is 5.91 Å². The minimum atomic E-state index is -0.141. The van der Waals surface area contributed by atoms with Crippen molar-refractivity contribution < 1.29 is 4.79 Å². The normalized spacial score (nSPS) is 11.1. The van der Waals surface area contributed by atoms with E-state index in [0.29, 0.717) is 11.4 Å². The van der Waals surface area contributed by atoms with E-state index in [-0.39, 0.29) is 5.91 Å². The van der Waals surface area contributed by atoms with Crippen molar-refractivity contribution in [2.75, 3.05) is 5.32 Å². The zero-order valence-electron chi connectivity index (χ0n) is 11.9. The third-order valence-corrected chi connectivity index (χ3v) is 4.79. The molecule has 0 fully saturated rings. The van der Waals surface area contributed by atoms with Gasteiger partial charge >= 0.3 is 0 Å². The molecule has 2 aromatic heterocycles. The van der Waals surface area contributed by atoms with Gasteiger partial charge in [0.1, 0.15) is 0 Å². The summed E-state index contributed by atoms with van der Waals surface area (Å²) >= 11 is 1.65. The van der Waals surface area contributed by atoms with Crippen molar-refractivity contribution >= 4 is 43.4 Å². The number of fused-ring (bicyclic) bond motifs is 3.